The molecule has 0 amide bonds. The van der Waals surface area contributed by atoms with Crippen LogP contribution < -0.4 is 0 Å². The molecule has 0 radical (unpaired) electrons. The first-order valence-electron chi connectivity index (χ1n) is 34.3. The molecule has 6 heteroatoms. The third-order valence-electron chi connectivity index (χ3n) is 14.3. The number of hydrogen-bond acceptors (Lipinski definition) is 6. The number of ether oxygens (including phenoxy) is 3. The first-order valence-corrected chi connectivity index (χ1v) is 34.3. The highest BCUT2D eigenvalue weighted by atomic mass is 16.6. The van der Waals surface area contributed by atoms with Crippen molar-refractivity contribution in [2.75, 3.05) is 13.2 Å². The molecule has 0 saturated carbocycles. The van der Waals surface area contributed by atoms with Crippen LogP contribution in [0.5, 0.6) is 0 Å². The van der Waals surface area contributed by atoms with E-state index in [0.717, 1.165) is 148 Å². The molecule has 0 heterocycles. The van der Waals surface area contributed by atoms with Crippen LogP contribution in [0.2, 0.25) is 0 Å². The quantitative estimate of drug-likeness (QED) is 0.0261. The van der Waals surface area contributed by atoms with Crippen molar-refractivity contribution >= 4 is 17.9 Å². The predicted molar refractivity (Wildman–Crippen MR) is 362 cm³/mol. The fourth-order valence-electron chi connectivity index (χ4n) is 9.23. The van der Waals surface area contributed by atoms with Gasteiger partial charge in [-0.1, -0.05) is 289 Å². The monoisotopic (exact) mass is 1150 g/mol. The maximum absolute atomic E-state index is 13.0. The van der Waals surface area contributed by atoms with E-state index in [2.05, 4.69) is 167 Å². The van der Waals surface area contributed by atoms with Crippen molar-refractivity contribution in [1.82, 2.24) is 0 Å². The standard InChI is InChI=1S/C77H126O6/c1-4-7-10-13-16-19-22-25-28-31-33-35-37-38-40-41-43-46-49-52-55-58-61-64-67-70-76(79)82-73-74(72-81-75(78)69-66-63-60-57-54-51-48-45-30-27-24-21-18-15-12-9-6-3)83-77(80)71-68-65-62-59-56-53-50-47-44-42-39-36-34-32-29-26-23-20-17-14-11-8-5-2/h7-8,10-11,16-21,25-30,33-36,38,40,43,46,74H,4-6,9,12-15,22-24,31-32,37,39,41-42,44-45,47-73H2,1-3H3/b10-7-,11-8-,19-16-,20-17-,21-18-,28-25-,29-26-,30-27-,35-33-,36-34-,40-38-,46-43-. The van der Waals surface area contributed by atoms with E-state index in [0.29, 0.717) is 19.3 Å². The van der Waals surface area contributed by atoms with Crippen molar-refractivity contribution < 1.29 is 28.6 Å². The minimum Gasteiger partial charge on any atom is -0.462 e. The predicted octanol–water partition coefficient (Wildman–Crippen LogP) is 23.9. The molecule has 1 atom stereocenters. The topological polar surface area (TPSA) is 78.9 Å². The fourth-order valence-corrected chi connectivity index (χ4v) is 9.23. The molecule has 0 aliphatic heterocycles. The van der Waals surface area contributed by atoms with Crippen molar-refractivity contribution in [1.29, 1.82) is 0 Å². The summed E-state index contributed by atoms with van der Waals surface area (Å²) in [5.74, 6) is -0.914. The molecule has 470 valence electrons. The maximum Gasteiger partial charge on any atom is 0.306 e. The van der Waals surface area contributed by atoms with Crippen molar-refractivity contribution in [3.8, 4) is 0 Å². The minimum atomic E-state index is -0.799. The second kappa shape index (κ2) is 69.8. The molecule has 0 aromatic rings. The zero-order valence-electron chi connectivity index (χ0n) is 53.9. The Hall–Kier alpha value is -4.71. The molecule has 1 unspecified atom stereocenters. The summed E-state index contributed by atoms with van der Waals surface area (Å²) in [7, 11) is 0. The minimum absolute atomic E-state index is 0.0927. The SMILES string of the molecule is CC/C=C\C/C=C\C/C=C\C/C=C\C/C=C\C/C=C\CCCCCCCCC(=O)OCC(COC(=O)CCCCCCCCC/C=C\C/C=C\CCCCC)OC(=O)CCCCCCCCCCCC/C=C\C/C=C\C/C=C\C/C=C\CC. The molecular weight excluding hydrogens is 1020 g/mol. The van der Waals surface area contributed by atoms with E-state index in [-0.39, 0.29) is 31.1 Å². The summed E-state index contributed by atoms with van der Waals surface area (Å²) in [5, 5.41) is 0. The molecule has 0 saturated heterocycles. The number of esters is 3. The molecule has 0 aliphatic carbocycles. The van der Waals surface area contributed by atoms with Gasteiger partial charge in [0.1, 0.15) is 13.2 Å². The van der Waals surface area contributed by atoms with Gasteiger partial charge < -0.3 is 14.2 Å². The van der Waals surface area contributed by atoms with Crippen LogP contribution in [-0.4, -0.2) is 37.2 Å². The number of carbonyl (C=O) groups excluding carboxylic acids is 3. The van der Waals surface area contributed by atoms with E-state index in [1.165, 1.54) is 116 Å². The van der Waals surface area contributed by atoms with Crippen molar-refractivity contribution in [2.24, 2.45) is 0 Å². The molecule has 0 N–H and O–H groups in total. The van der Waals surface area contributed by atoms with Gasteiger partial charge in [-0.05, 0) is 141 Å². The number of rotatable bonds is 61. The van der Waals surface area contributed by atoms with Crippen molar-refractivity contribution in [3.05, 3.63) is 146 Å². The number of unbranched alkanes of at least 4 members (excludes halogenated alkanes) is 26. The fraction of sp³-hybridized carbons (Fsp3) is 0.649. The molecule has 0 rings (SSSR count). The summed E-state index contributed by atoms with van der Waals surface area (Å²) < 4.78 is 17.0. The van der Waals surface area contributed by atoms with Crippen LogP contribution in [0, 0.1) is 0 Å². The van der Waals surface area contributed by atoms with Crippen molar-refractivity contribution in [3.63, 3.8) is 0 Å². The van der Waals surface area contributed by atoms with Crippen LogP contribution >= 0.6 is 0 Å². The highest BCUT2D eigenvalue weighted by molar-refractivity contribution is 5.71. The van der Waals surface area contributed by atoms with Gasteiger partial charge in [0.15, 0.2) is 6.10 Å². The average Bonchev–Trinajstić information content (AvgIpc) is 3.49. The summed E-state index contributed by atoms with van der Waals surface area (Å²) in [4.78, 5) is 38.5. The second-order valence-corrected chi connectivity index (χ2v) is 22.3. The number of hydrogen-bond donors (Lipinski definition) is 0. The lowest BCUT2D eigenvalue weighted by atomic mass is 10.0. The summed E-state index contributed by atoms with van der Waals surface area (Å²) in [6.45, 7) is 6.38. The summed E-state index contributed by atoms with van der Waals surface area (Å²) in [6.07, 6.45) is 99.9. The van der Waals surface area contributed by atoms with Crippen molar-refractivity contribution in [2.45, 2.75) is 309 Å². The normalized spacial score (nSPS) is 13.0. The van der Waals surface area contributed by atoms with Crippen LogP contribution in [0.15, 0.2) is 146 Å². The second-order valence-electron chi connectivity index (χ2n) is 22.3. The third-order valence-corrected chi connectivity index (χ3v) is 14.3. The molecule has 0 bridgehead atoms. The molecule has 0 fully saturated rings. The molecule has 6 nitrogen and oxygen atoms in total. The summed E-state index contributed by atoms with van der Waals surface area (Å²) >= 11 is 0. The van der Waals surface area contributed by atoms with Gasteiger partial charge in [-0.2, -0.15) is 0 Å². The Morgan fingerprint density at radius 1 is 0.253 bits per heavy atom. The molecule has 0 aromatic carbocycles. The van der Waals surface area contributed by atoms with Gasteiger partial charge in [0.2, 0.25) is 0 Å². The summed E-state index contributed by atoms with van der Waals surface area (Å²) in [5.41, 5.74) is 0. The lowest BCUT2D eigenvalue weighted by Crippen LogP contribution is -2.30. The van der Waals surface area contributed by atoms with E-state index in [1.807, 2.05) is 0 Å². The Morgan fingerprint density at radius 3 is 0.735 bits per heavy atom. The van der Waals surface area contributed by atoms with E-state index in [4.69, 9.17) is 14.2 Å². The highest BCUT2D eigenvalue weighted by Crippen LogP contribution is 2.16. The molecule has 0 spiro atoms. The van der Waals surface area contributed by atoms with E-state index >= 15 is 0 Å². The smallest absolute Gasteiger partial charge is 0.306 e. The molecule has 0 aromatic heterocycles. The zero-order valence-corrected chi connectivity index (χ0v) is 53.9. The first-order chi connectivity index (χ1) is 41.0. The van der Waals surface area contributed by atoms with E-state index in [9.17, 15) is 14.4 Å². The maximum atomic E-state index is 13.0. The van der Waals surface area contributed by atoms with E-state index in [1.54, 1.807) is 0 Å². The van der Waals surface area contributed by atoms with Crippen LogP contribution in [0.3, 0.4) is 0 Å². The van der Waals surface area contributed by atoms with Crippen LogP contribution in [0.25, 0.3) is 0 Å². The average molecular weight is 1150 g/mol. The van der Waals surface area contributed by atoms with Gasteiger partial charge in [-0.3, -0.25) is 14.4 Å². The summed E-state index contributed by atoms with van der Waals surface area (Å²) in [6, 6.07) is 0. The van der Waals surface area contributed by atoms with Crippen LogP contribution in [-0.2, 0) is 28.6 Å². The van der Waals surface area contributed by atoms with E-state index < -0.39 is 6.10 Å². The molecular formula is C77H126O6. The number of allylic oxidation sites excluding steroid dienone is 24. The van der Waals surface area contributed by atoms with Gasteiger partial charge in [-0.15, -0.1) is 0 Å². The van der Waals surface area contributed by atoms with Crippen LogP contribution in [0.4, 0.5) is 0 Å². The Bertz CT molecular complexity index is 1800. The Balaban J connectivity index is 4.44. The number of carbonyl (C=O) groups is 3. The third kappa shape index (κ3) is 68.0. The Kier molecular flexibility index (Phi) is 65.8. The van der Waals surface area contributed by atoms with Gasteiger partial charge in [0, 0.05) is 19.3 Å². The van der Waals surface area contributed by atoms with Gasteiger partial charge >= 0.3 is 17.9 Å². The Labute approximate surface area is 512 Å². The lowest BCUT2D eigenvalue weighted by molar-refractivity contribution is -0.167. The molecule has 0 aliphatic rings. The largest absolute Gasteiger partial charge is 0.462 e. The lowest BCUT2D eigenvalue weighted by Gasteiger charge is -2.18. The van der Waals surface area contributed by atoms with Gasteiger partial charge in [-0.25, -0.2) is 0 Å². The first kappa shape index (κ1) is 78.3. The zero-order chi connectivity index (χ0) is 59.9. The molecule has 83 heavy (non-hydrogen) atoms. The van der Waals surface area contributed by atoms with Gasteiger partial charge in [0.05, 0.1) is 0 Å². The van der Waals surface area contributed by atoms with Gasteiger partial charge in [0.25, 0.3) is 0 Å². The Morgan fingerprint density at radius 2 is 0.470 bits per heavy atom. The van der Waals surface area contributed by atoms with Crippen LogP contribution in [0.1, 0.15) is 303 Å². The highest BCUT2D eigenvalue weighted by Gasteiger charge is 2.19.